The van der Waals surface area contributed by atoms with Crippen LogP contribution < -0.4 is 16.4 Å². The second-order valence-electron chi connectivity index (χ2n) is 1.90. The van der Waals surface area contributed by atoms with E-state index >= 15 is 0 Å². The minimum atomic E-state index is -0.0724. The van der Waals surface area contributed by atoms with Crippen molar-refractivity contribution in [1.82, 2.24) is 10.6 Å². The van der Waals surface area contributed by atoms with Crippen LogP contribution in [0.1, 0.15) is 13.8 Å². The van der Waals surface area contributed by atoms with E-state index in [9.17, 15) is 4.79 Å². The van der Waals surface area contributed by atoms with E-state index < -0.39 is 0 Å². The maximum atomic E-state index is 10.2. The van der Waals surface area contributed by atoms with E-state index in [-0.39, 0.29) is 12.1 Å². The molecule has 0 rings (SSSR count). The molecule has 0 aliphatic rings. The molecule has 0 radical (unpaired) electrons. The summed E-state index contributed by atoms with van der Waals surface area (Å²) >= 11 is 0. The van der Waals surface area contributed by atoms with Crippen molar-refractivity contribution in [2.24, 2.45) is 5.73 Å². The molecule has 0 bridgehead atoms. The summed E-state index contributed by atoms with van der Waals surface area (Å²) in [6.45, 7) is 3.71. The number of nitrogens with two attached hydrogens (primary N) is 1. The molecule has 54 valence electrons. The van der Waals surface area contributed by atoms with Gasteiger partial charge in [-0.1, -0.05) is 0 Å². The Morgan fingerprint density at radius 1 is 1.78 bits per heavy atom. The zero-order chi connectivity index (χ0) is 7.28. The van der Waals surface area contributed by atoms with Gasteiger partial charge in [-0.25, -0.2) is 0 Å². The number of hydrogen-bond donors (Lipinski definition) is 3. The topological polar surface area (TPSA) is 67.2 Å². The molecule has 1 amide bonds. The quantitative estimate of drug-likeness (QED) is 0.429. The van der Waals surface area contributed by atoms with E-state index in [2.05, 4.69) is 10.6 Å². The Bertz CT molecular complexity index is 92.2. The second-order valence-corrected chi connectivity index (χ2v) is 1.90. The number of hydrogen-bond acceptors (Lipinski definition) is 3. The van der Waals surface area contributed by atoms with Crippen molar-refractivity contribution in [3.8, 4) is 0 Å². The van der Waals surface area contributed by atoms with E-state index in [0.29, 0.717) is 6.67 Å². The summed E-state index contributed by atoms with van der Waals surface area (Å²) in [5.41, 5.74) is 5.32. The molecule has 0 fully saturated rings. The van der Waals surface area contributed by atoms with Crippen LogP contribution in [-0.4, -0.2) is 18.7 Å². The summed E-state index contributed by atoms with van der Waals surface area (Å²) in [6.07, 6.45) is -0.0724. The maximum absolute atomic E-state index is 10.2. The number of carbonyl (C=O) groups excluding carboxylic acids is 1. The first kappa shape index (κ1) is 8.39. The van der Waals surface area contributed by atoms with Crippen molar-refractivity contribution in [2.45, 2.75) is 20.0 Å². The predicted octanol–water partition coefficient (Wildman–Crippen LogP) is -1.03. The minimum Gasteiger partial charge on any atom is -0.344 e. The molecule has 0 saturated heterocycles. The van der Waals surface area contributed by atoms with E-state index in [1.165, 1.54) is 6.92 Å². The van der Waals surface area contributed by atoms with Crippen molar-refractivity contribution < 1.29 is 4.79 Å². The zero-order valence-electron chi connectivity index (χ0n) is 5.77. The van der Waals surface area contributed by atoms with E-state index in [0.717, 1.165) is 0 Å². The Labute approximate surface area is 54.8 Å². The van der Waals surface area contributed by atoms with E-state index in [1.54, 1.807) is 0 Å². The van der Waals surface area contributed by atoms with Crippen molar-refractivity contribution >= 4 is 5.91 Å². The van der Waals surface area contributed by atoms with Crippen LogP contribution in [-0.2, 0) is 4.79 Å². The molecule has 0 aromatic heterocycles. The van der Waals surface area contributed by atoms with Crippen molar-refractivity contribution in [1.29, 1.82) is 0 Å². The molecule has 0 spiro atoms. The van der Waals surface area contributed by atoms with Crippen molar-refractivity contribution in [3.63, 3.8) is 0 Å². The van der Waals surface area contributed by atoms with Gasteiger partial charge < -0.3 is 11.1 Å². The van der Waals surface area contributed by atoms with E-state index in [1.807, 2.05) is 6.92 Å². The van der Waals surface area contributed by atoms with Crippen LogP contribution in [0.2, 0.25) is 0 Å². The third-order valence-corrected chi connectivity index (χ3v) is 0.761. The average Bonchev–Trinajstić information content (AvgIpc) is 1.63. The highest BCUT2D eigenvalue weighted by molar-refractivity contribution is 5.72. The third-order valence-electron chi connectivity index (χ3n) is 0.761. The fourth-order valence-electron chi connectivity index (χ4n) is 0.336. The summed E-state index contributed by atoms with van der Waals surface area (Å²) < 4.78 is 0. The molecule has 0 aromatic rings. The van der Waals surface area contributed by atoms with Gasteiger partial charge in [0.2, 0.25) is 5.91 Å². The summed E-state index contributed by atoms with van der Waals surface area (Å²) in [7, 11) is 0. The van der Waals surface area contributed by atoms with Crippen LogP contribution in [0, 0.1) is 0 Å². The molecule has 1 atom stereocenters. The van der Waals surface area contributed by atoms with Gasteiger partial charge in [0.1, 0.15) is 0 Å². The molecule has 4 nitrogen and oxygen atoms in total. The van der Waals surface area contributed by atoms with Crippen LogP contribution >= 0.6 is 0 Å². The summed E-state index contributed by atoms with van der Waals surface area (Å²) in [5, 5.41) is 5.37. The predicted molar refractivity (Wildman–Crippen MR) is 35.5 cm³/mol. The lowest BCUT2D eigenvalue weighted by atomic mass is 10.6. The number of amides is 1. The Balaban J connectivity index is 3.01. The van der Waals surface area contributed by atoms with Gasteiger partial charge in [0, 0.05) is 6.92 Å². The zero-order valence-corrected chi connectivity index (χ0v) is 5.77. The SMILES string of the molecule is CC(=O)NCNC(C)N. The van der Waals surface area contributed by atoms with Gasteiger partial charge in [0.25, 0.3) is 0 Å². The molecule has 1 unspecified atom stereocenters. The fourth-order valence-corrected chi connectivity index (χ4v) is 0.336. The van der Waals surface area contributed by atoms with Crippen LogP contribution in [0.4, 0.5) is 0 Å². The standard InChI is InChI=1S/C5H13N3O/c1-4(6)7-3-8-5(2)9/h4,7H,3,6H2,1-2H3,(H,8,9). The lowest BCUT2D eigenvalue weighted by Gasteiger charge is -2.07. The Hall–Kier alpha value is -0.610. The van der Waals surface area contributed by atoms with Gasteiger partial charge in [0.15, 0.2) is 0 Å². The fraction of sp³-hybridized carbons (Fsp3) is 0.800. The highest BCUT2D eigenvalue weighted by Crippen LogP contribution is 1.62. The Kier molecular flexibility index (Phi) is 4.00. The van der Waals surface area contributed by atoms with E-state index in [4.69, 9.17) is 5.73 Å². The Morgan fingerprint density at radius 2 is 2.33 bits per heavy atom. The second kappa shape index (κ2) is 4.29. The highest BCUT2D eigenvalue weighted by atomic mass is 16.1. The molecule has 0 heterocycles. The first-order chi connectivity index (χ1) is 4.13. The summed E-state index contributed by atoms with van der Waals surface area (Å²) in [4.78, 5) is 10.2. The molecule has 4 N–H and O–H groups in total. The molecular formula is C5H13N3O. The lowest BCUT2D eigenvalue weighted by Crippen LogP contribution is -2.41. The van der Waals surface area contributed by atoms with Gasteiger partial charge >= 0.3 is 0 Å². The van der Waals surface area contributed by atoms with Gasteiger partial charge in [-0.15, -0.1) is 0 Å². The molecule has 0 aliphatic heterocycles. The molecule has 4 heteroatoms. The average molecular weight is 131 g/mol. The monoisotopic (exact) mass is 131 g/mol. The molecule has 9 heavy (non-hydrogen) atoms. The molecule has 0 saturated carbocycles. The first-order valence-electron chi connectivity index (χ1n) is 2.86. The summed E-state index contributed by atoms with van der Waals surface area (Å²) in [5.74, 6) is -0.0526. The lowest BCUT2D eigenvalue weighted by molar-refractivity contribution is -0.119. The minimum absolute atomic E-state index is 0.0526. The number of nitrogens with one attached hydrogen (secondary N) is 2. The van der Waals surface area contributed by atoms with Crippen LogP contribution in [0.5, 0.6) is 0 Å². The van der Waals surface area contributed by atoms with Gasteiger partial charge in [-0.2, -0.15) is 0 Å². The number of rotatable bonds is 3. The maximum Gasteiger partial charge on any atom is 0.217 e. The third kappa shape index (κ3) is 7.39. The Morgan fingerprint density at radius 3 is 2.67 bits per heavy atom. The largest absolute Gasteiger partial charge is 0.344 e. The van der Waals surface area contributed by atoms with Crippen molar-refractivity contribution in [2.75, 3.05) is 6.67 Å². The van der Waals surface area contributed by atoms with Gasteiger partial charge in [-0.05, 0) is 6.92 Å². The van der Waals surface area contributed by atoms with Crippen LogP contribution in [0.25, 0.3) is 0 Å². The van der Waals surface area contributed by atoms with Crippen LogP contribution in [0.3, 0.4) is 0 Å². The van der Waals surface area contributed by atoms with Gasteiger partial charge in [0.05, 0.1) is 12.8 Å². The summed E-state index contributed by atoms with van der Waals surface area (Å²) in [6, 6.07) is 0. The van der Waals surface area contributed by atoms with Gasteiger partial charge in [-0.3, -0.25) is 10.1 Å². The smallest absolute Gasteiger partial charge is 0.217 e. The molecule has 0 aromatic carbocycles. The molecule has 0 aliphatic carbocycles. The number of carbonyl (C=O) groups is 1. The molecular weight excluding hydrogens is 118 g/mol. The van der Waals surface area contributed by atoms with Crippen molar-refractivity contribution in [3.05, 3.63) is 0 Å². The highest BCUT2D eigenvalue weighted by Gasteiger charge is 1.90. The van der Waals surface area contributed by atoms with Crippen LogP contribution in [0.15, 0.2) is 0 Å². The normalized spacial score (nSPS) is 12.8. The first-order valence-corrected chi connectivity index (χ1v) is 2.86.